The molecule has 0 bridgehead atoms. The van der Waals surface area contributed by atoms with Crippen molar-refractivity contribution in [2.75, 3.05) is 13.1 Å². The molecule has 16 heavy (non-hydrogen) atoms. The summed E-state index contributed by atoms with van der Waals surface area (Å²) in [6.07, 6.45) is 12.0. The molecular weight excluding hydrogens is 200 g/mol. The fourth-order valence-electron chi connectivity index (χ4n) is 2.32. The summed E-state index contributed by atoms with van der Waals surface area (Å²) in [6, 6.07) is 0. The third kappa shape index (κ3) is 3.24. The molecule has 0 spiro atoms. The maximum Gasteiger partial charge on any atom is 0.227 e. The molecular formula is C13H22N2O. The molecule has 0 heterocycles. The smallest absolute Gasteiger partial charge is 0.227 e. The van der Waals surface area contributed by atoms with E-state index >= 15 is 0 Å². The van der Waals surface area contributed by atoms with E-state index in [4.69, 9.17) is 12.2 Å². The molecule has 1 aliphatic carbocycles. The van der Waals surface area contributed by atoms with Crippen molar-refractivity contribution < 1.29 is 4.79 Å². The normalized spacial score (nSPS) is 18.0. The number of rotatable bonds is 6. The topological polar surface area (TPSA) is 55.1 Å². The zero-order valence-corrected chi connectivity index (χ0v) is 9.93. The van der Waals surface area contributed by atoms with Gasteiger partial charge in [0, 0.05) is 19.5 Å². The van der Waals surface area contributed by atoms with Crippen LogP contribution in [0, 0.1) is 17.8 Å². The van der Waals surface area contributed by atoms with Gasteiger partial charge in [-0.15, -0.1) is 12.3 Å². The lowest BCUT2D eigenvalue weighted by molar-refractivity contribution is -0.130. The Labute approximate surface area is 98.2 Å². The van der Waals surface area contributed by atoms with Gasteiger partial charge in [-0.25, -0.2) is 0 Å². The molecule has 90 valence electrons. The standard InChI is InChI=1S/C13H22N2O/c1-2-3-4-7-10-15-12(16)13(11-14)8-5-6-9-13/h1H,3-11,14H2,(H,15,16). The molecule has 1 aliphatic rings. The summed E-state index contributed by atoms with van der Waals surface area (Å²) in [6.45, 7) is 1.20. The number of amides is 1. The second-order valence-electron chi connectivity index (χ2n) is 4.61. The van der Waals surface area contributed by atoms with Crippen molar-refractivity contribution in [2.24, 2.45) is 11.1 Å². The number of terminal acetylenes is 1. The molecule has 0 atom stereocenters. The largest absolute Gasteiger partial charge is 0.356 e. The van der Waals surface area contributed by atoms with Gasteiger partial charge in [0.25, 0.3) is 0 Å². The molecule has 0 aromatic carbocycles. The zero-order chi connectivity index (χ0) is 11.9. The van der Waals surface area contributed by atoms with Gasteiger partial charge in [0.05, 0.1) is 5.41 Å². The van der Waals surface area contributed by atoms with Crippen LogP contribution in [0.15, 0.2) is 0 Å². The van der Waals surface area contributed by atoms with Crippen LogP contribution in [0.3, 0.4) is 0 Å². The predicted molar refractivity (Wildman–Crippen MR) is 65.6 cm³/mol. The Morgan fingerprint density at radius 2 is 2.06 bits per heavy atom. The fraction of sp³-hybridized carbons (Fsp3) is 0.769. The van der Waals surface area contributed by atoms with Crippen molar-refractivity contribution >= 4 is 5.91 Å². The van der Waals surface area contributed by atoms with Gasteiger partial charge in [-0.1, -0.05) is 12.8 Å². The molecule has 0 aromatic heterocycles. The van der Waals surface area contributed by atoms with Crippen LogP contribution in [-0.4, -0.2) is 19.0 Å². The fourth-order valence-corrected chi connectivity index (χ4v) is 2.32. The highest BCUT2D eigenvalue weighted by molar-refractivity contribution is 5.83. The van der Waals surface area contributed by atoms with Crippen LogP contribution >= 0.6 is 0 Å². The van der Waals surface area contributed by atoms with E-state index in [0.717, 1.165) is 51.5 Å². The maximum absolute atomic E-state index is 12.0. The first-order valence-corrected chi connectivity index (χ1v) is 6.17. The summed E-state index contributed by atoms with van der Waals surface area (Å²) in [5.74, 6) is 2.74. The van der Waals surface area contributed by atoms with E-state index in [1.807, 2.05) is 0 Å². The quantitative estimate of drug-likeness (QED) is 0.527. The summed E-state index contributed by atoms with van der Waals surface area (Å²) >= 11 is 0. The summed E-state index contributed by atoms with van der Waals surface area (Å²) < 4.78 is 0. The van der Waals surface area contributed by atoms with Gasteiger partial charge < -0.3 is 11.1 Å². The minimum Gasteiger partial charge on any atom is -0.356 e. The van der Waals surface area contributed by atoms with Gasteiger partial charge in [0.1, 0.15) is 0 Å². The first kappa shape index (κ1) is 13.1. The molecule has 1 fully saturated rings. The Bertz CT molecular complexity index is 262. The highest BCUT2D eigenvalue weighted by Crippen LogP contribution is 2.37. The summed E-state index contributed by atoms with van der Waals surface area (Å²) in [5.41, 5.74) is 5.46. The van der Waals surface area contributed by atoms with Gasteiger partial charge in [-0.05, 0) is 25.7 Å². The Morgan fingerprint density at radius 3 is 2.62 bits per heavy atom. The van der Waals surface area contributed by atoms with Gasteiger partial charge in [0.15, 0.2) is 0 Å². The lowest BCUT2D eigenvalue weighted by Gasteiger charge is -2.25. The van der Waals surface area contributed by atoms with Crippen LogP contribution < -0.4 is 11.1 Å². The summed E-state index contributed by atoms with van der Waals surface area (Å²) in [4.78, 5) is 12.0. The number of hydrogen-bond donors (Lipinski definition) is 2. The SMILES string of the molecule is C#CCCCCNC(=O)C1(CN)CCCC1. The second kappa shape index (κ2) is 6.55. The first-order valence-electron chi connectivity index (χ1n) is 6.17. The third-order valence-electron chi connectivity index (χ3n) is 3.47. The van der Waals surface area contributed by atoms with E-state index in [2.05, 4.69) is 11.2 Å². The Morgan fingerprint density at radius 1 is 1.38 bits per heavy atom. The van der Waals surface area contributed by atoms with E-state index in [1.165, 1.54) is 0 Å². The molecule has 3 nitrogen and oxygen atoms in total. The molecule has 1 rings (SSSR count). The van der Waals surface area contributed by atoms with Crippen molar-refractivity contribution in [1.29, 1.82) is 0 Å². The number of carbonyl (C=O) groups is 1. The maximum atomic E-state index is 12.0. The van der Waals surface area contributed by atoms with E-state index < -0.39 is 0 Å². The van der Waals surface area contributed by atoms with E-state index in [1.54, 1.807) is 0 Å². The van der Waals surface area contributed by atoms with Crippen molar-refractivity contribution in [3.63, 3.8) is 0 Å². The van der Waals surface area contributed by atoms with Gasteiger partial charge in [-0.2, -0.15) is 0 Å². The molecule has 0 unspecified atom stereocenters. The van der Waals surface area contributed by atoms with Crippen molar-refractivity contribution in [3.8, 4) is 12.3 Å². The van der Waals surface area contributed by atoms with Gasteiger partial charge in [0.2, 0.25) is 5.91 Å². The molecule has 0 radical (unpaired) electrons. The summed E-state index contributed by atoms with van der Waals surface area (Å²) in [5, 5.41) is 2.99. The predicted octanol–water partition coefficient (Wildman–Crippen LogP) is 1.43. The average molecular weight is 222 g/mol. The van der Waals surface area contributed by atoms with Crippen LogP contribution in [0.5, 0.6) is 0 Å². The molecule has 0 aromatic rings. The third-order valence-corrected chi connectivity index (χ3v) is 3.47. The minimum atomic E-state index is -0.272. The van der Waals surface area contributed by atoms with Crippen molar-refractivity contribution in [1.82, 2.24) is 5.32 Å². The Hall–Kier alpha value is -1.01. The van der Waals surface area contributed by atoms with Crippen LogP contribution in [-0.2, 0) is 4.79 Å². The van der Waals surface area contributed by atoms with E-state index in [-0.39, 0.29) is 11.3 Å². The molecule has 3 heteroatoms. The van der Waals surface area contributed by atoms with Crippen LogP contribution in [0.4, 0.5) is 0 Å². The van der Waals surface area contributed by atoms with Crippen LogP contribution in [0.2, 0.25) is 0 Å². The zero-order valence-electron chi connectivity index (χ0n) is 9.93. The molecule has 3 N–H and O–H groups in total. The van der Waals surface area contributed by atoms with Gasteiger partial charge in [-0.3, -0.25) is 4.79 Å². The number of carbonyl (C=O) groups excluding carboxylic acids is 1. The average Bonchev–Trinajstić information content (AvgIpc) is 2.78. The van der Waals surface area contributed by atoms with E-state index in [0.29, 0.717) is 6.54 Å². The lowest BCUT2D eigenvalue weighted by atomic mass is 9.85. The van der Waals surface area contributed by atoms with Crippen molar-refractivity contribution in [2.45, 2.75) is 44.9 Å². The molecule has 1 saturated carbocycles. The van der Waals surface area contributed by atoms with Gasteiger partial charge >= 0.3 is 0 Å². The second-order valence-corrected chi connectivity index (χ2v) is 4.61. The van der Waals surface area contributed by atoms with Crippen LogP contribution in [0.25, 0.3) is 0 Å². The molecule has 0 aliphatic heterocycles. The Kier molecular flexibility index (Phi) is 5.34. The van der Waals surface area contributed by atoms with Crippen LogP contribution in [0.1, 0.15) is 44.9 Å². The number of hydrogen-bond acceptors (Lipinski definition) is 2. The number of nitrogens with two attached hydrogens (primary N) is 1. The highest BCUT2D eigenvalue weighted by atomic mass is 16.2. The Balaban J connectivity index is 2.26. The highest BCUT2D eigenvalue weighted by Gasteiger charge is 2.39. The minimum absolute atomic E-state index is 0.146. The monoisotopic (exact) mass is 222 g/mol. The van der Waals surface area contributed by atoms with Crippen molar-refractivity contribution in [3.05, 3.63) is 0 Å². The lowest BCUT2D eigenvalue weighted by Crippen LogP contribution is -2.44. The molecule has 1 amide bonds. The number of unbranched alkanes of at least 4 members (excludes halogenated alkanes) is 2. The first-order chi connectivity index (χ1) is 7.75. The number of nitrogens with one attached hydrogen (secondary N) is 1. The van der Waals surface area contributed by atoms with E-state index in [9.17, 15) is 4.79 Å². The summed E-state index contributed by atoms with van der Waals surface area (Å²) in [7, 11) is 0. The molecule has 0 saturated heterocycles.